The third-order valence-corrected chi connectivity index (χ3v) is 3.67. The van der Waals surface area contributed by atoms with Crippen molar-refractivity contribution in [3.05, 3.63) is 17.5 Å². The summed E-state index contributed by atoms with van der Waals surface area (Å²) < 4.78 is 0. The van der Waals surface area contributed by atoms with Gasteiger partial charge in [-0.1, -0.05) is 12.8 Å². The van der Waals surface area contributed by atoms with Crippen molar-refractivity contribution in [2.45, 2.75) is 31.6 Å². The lowest BCUT2D eigenvalue weighted by Crippen LogP contribution is -1.94. The maximum Gasteiger partial charge on any atom is 0.192 e. The van der Waals surface area contributed by atoms with Gasteiger partial charge in [-0.05, 0) is 12.8 Å². The fraction of sp³-hybridized carbons (Fsp3) is 0.500. The SMILES string of the molecule is c1ncc(-c2n[nH]c(C3CCCC3)n2)s1. The molecule has 0 atom stereocenters. The minimum Gasteiger partial charge on any atom is -0.262 e. The lowest BCUT2D eigenvalue weighted by Gasteiger charge is -2.01. The number of hydrogen-bond donors (Lipinski definition) is 1. The Morgan fingerprint density at radius 3 is 2.93 bits per heavy atom. The summed E-state index contributed by atoms with van der Waals surface area (Å²) in [6, 6.07) is 0. The average Bonchev–Trinajstić information content (AvgIpc) is 3.02. The zero-order valence-electron chi connectivity index (χ0n) is 8.31. The first-order chi connectivity index (χ1) is 7.43. The van der Waals surface area contributed by atoms with Crippen molar-refractivity contribution in [3.8, 4) is 10.7 Å². The van der Waals surface area contributed by atoms with Crippen LogP contribution in [0, 0.1) is 0 Å². The van der Waals surface area contributed by atoms with Gasteiger partial charge >= 0.3 is 0 Å². The highest BCUT2D eigenvalue weighted by molar-refractivity contribution is 7.13. The van der Waals surface area contributed by atoms with Crippen molar-refractivity contribution in [1.29, 1.82) is 0 Å². The molecule has 1 aliphatic rings. The molecule has 78 valence electrons. The van der Waals surface area contributed by atoms with E-state index in [0.717, 1.165) is 16.5 Å². The molecule has 0 aromatic carbocycles. The van der Waals surface area contributed by atoms with E-state index < -0.39 is 0 Å². The normalized spacial score (nSPS) is 17.3. The highest BCUT2D eigenvalue weighted by Gasteiger charge is 2.20. The predicted octanol–water partition coefficient (Wildman–Crippen LogP) is 2.59. The molecule has 0 radical (unpaired) electrons. The van der Waals surface area contributed by atoms with Crippen LogP contribution in [0.15, 0.2) is 11.7 Å². The summed E-state index contributed by atoms with van der Waals surface area (Å²) in [5, 5.41) is 7.29. The van der Waals surface area contributed by atoms with Crippen LogP contribution < -0.4 is 0 Å². The van der Waals surface area contributed by atoms with Crippen LogP contribution in [0.3, 0.4) is 0 Å². The van der Waals surface area contributed by atoms with Gasteiger partial charge in [0.25, 0.3) is 0 Å². The van der Waals surface area contributed by atoms with Gasteiger partial charge in [-0.3, -0.25) is 10.1 Å². The molecule has 2 aromatic rings. The predicted molar refractivity (Wildman–Crippen MR) is 58.7 cm³/mol. The highest BCUT2D eigenvalue weighted by Crippen LogP contribution is 2.32. The molecular weight excluding hydrogens is 208 g/mol. The number of nitrogens with zero attached hydrogens (tertiary/aromatic N) is 3. The summed E-state index contributed by atoms with van der Waals surface area (Å²) in [6.45, 7) is 0. The third-order valence-electron chi connectivity index (χ3n) is 2.90. The summed E-state index contributed by atoms with van der Waals surface area (Å²) in [6.07, 6.45) is 6.95. The number of H-pyrrole nitrogens is 1. The number of aromatic nitrogens is 4. The Morgan fingerprint density at radius 1 is 1.33 bits per heavy atom. The maximum atomic E-state index is 4.54. The minimum absolute atomic E-state index is 0.596. The molecule has 2 heterocycles. The van der Waals surface area contributed by atoms with Crippen molar-refractivity contribution in [3.63, 3.8) is 0 Å². The monoisotopic (exact) mass is 220 g/mol. The van der Waals surface area contributed by atoms with E-state index in [4.69, 9.17) is 0 Å². The molecule has 0 bridgehead atoms. The standard InChI is InChI=1S/C10H12N4S/c1-2-4-7(3-1)9-12-10(14-13-9)8-5-11-6-15-8/h5-7H,1-4H2,(H,12,13,14). The Bertz CT molecular complexity index is 428. The number of hydrogen-bond acceptors (Lipinski definition) is 4. The Kier molecular flexibility index (Phi) is 2.25. The quantitative estimate of drug-likeness (QED) is 0.846. The van der Waals surface area contributed by atoms with E-state index in [1.807, 2.05) is 6.20 Å². The summed E-state index contributed by atoms with van der Waals surface area (Å²) >= 11 is 1.58. The second-order valence-electron chi connectivity index (χ2n) is 3.89. The molecular formula is C10H12N4S. The van der Waals surface area contributed by atoms with Crippen LogP contribution >= 0.6 is 11.3 Å². The maximum absolute atomic E-state index is 4.54. The van der Waals surface area contributed by atoms with Gasteiger partial charge in [0.2, 0.25) is 0 Å². The first-order valence-corrected chi connectivity index (χ1v) is 6.12. The van der Waals surface area contributed by atoms with Crippen LogP contribution in [0.2, 0.25) is 0 Å². The zero-order chi connectivity index (χ0) is 10.1. The van der Waals surface area contributed by atoms with Crippen LogP contribution in [0.25, 0.3) is 10.7 Å². The first-order valence-electron chi connectivity index (χ1n) is 5.24. The smallest absolute Gasteiger partial charge is 0.192 e. The van der Waals surface area contributed by atoms with Crippen molar-refractivity contribution in [2.24, 2.45) is 0 Å². The molecule has 0 saturated heterocycles. The van der Waals surface area contributed by atoms with E-state index in [1.54, 1.807) is 16.8 Å². The molecule has 5 heteroatoms. The van der Waals surface area contributed by atoms with Gasteiger partial charge in [0.05, 0.1) is 10.4 Å². The molecule has 1 saturated carbocycles. The molecule has 2 aromatic heterocycles. The summed E-state index contributed by atoms with van der Waals surface area (Å²) in [5.74, 6) is 2.44. The van der Waals surface area contributed by atoms with Crippen LogP contribution in [0.1, 0.15) is 37.4 Å². The van der Waals surface area contributed by atoms with Crippen LogP contribution in [-0.2, 0) is 0 Å². The number of rotatable bonds is 2. The lowest BCUT2D eigenvalue weighted by atomic mass is 10.1. The Morgan fingerprint density at radius 2 is 2.20 bits per heavy atom. The van der Waals surface area contributed by atoms with Crippen LogP contribution in [0.5, 0.6) is 0 Å². The van der Waals surface area contributed by atoms with Crippen molar-refractivity contribution >= 4 is 11.3 Å². The zero-order valence-corrected chi connectivity index (χ0v) is 9.13. The largest absolute Gasteiger partial charge is 0.262 e. The fourth-order valence-corrected chi connectivity index (χ4v) is 2.65. The molecule has 0 spiro atoms. The third kappa shape index (κ3) is 1.67. The van der Waals surface area contributed by atoms with Gasteiger partial charge in [-0.2, -0.15) is 5.10 Å². The lowest BCUT2D eigenvalue weighted by molar-refractivity contribution is 0.672. The Labute approximate surface area is 91.8 Å². The van der Waals surface area contributed by atoms with Crippen LogP contribution in [-0.4, -0.2) is 20.2 Å². The summed E-state index contributed by atoms with van der Waals surface area (Å²) in [5.41, 5.74) is 1.81. The van der Waals surface area contributed by atoms with Crippen molar-refractivity contribution < 1.29 is 0 Å². The summed E-state index contributed by atoms with van der Waals surface area (Å²) in [7, 11) is 0. The second kappa shape index (κ2) is 3.73. The molecule has 0 aliphatic heterocycles. The average molecular weight is 220 g/mol. The number of nitrogens with one attached hydrogen (secondary N) is 1. The Hall–Kier alpha value is -1.23. The van der Waals surface area contributed by atoms with E-state index >= 15 is 0 Å². The fourth-order valence-electron chi connectivity index (χ4n) is 2.09. The number of thiazole rings is 1. The van der Waals surface area contributed by atoms with E-state index in [1.165, 1.54) is 25.7 Å². The van der Waals surface area contributed by atoms with E-state index in [0.29, 0.717) is 5.92 Å². The molecule has 4 nitrogen and oxygen atoms in total. The highest BCUT2D eigenvalue weighted by atomic mass is 32.1. The van der Waals surface area contributed by atoms with E-state index in [9.17, 15) is 0 Å². The molecule has 3 rings (SSSR count). The molecule has 0 unspecified atom stereocenters. The second-order valence-corrected chi connectivity index (χ2v) is 4.78. The van der Waals surface area contributed by atoms with Gasteiger partial charge in [0.1, 0.15) is 5.82 Å². The minimum atomic E-state index is 0.596. The van der Waals surface area contributed by atoms with Gasteiger partial charge < -0.3 is 0 Å². The summed E-state index contributed by atoms with van der Waals surface area (Å²) in [4.78, 5) is 9.61. The molecule has 1 aliphatic carbocycles. The van der Waals surface area contributed by atoms with E-state index in [-0.39, 0.29) is 0 Å². The van der Waals surface area contributed by atoms with Gasteiger partial charge in [-0.15, -0.1) is 11.3 Å². The first kappa shape index (κ1) is 9.03. The van der Waals surface area contributed by atoms with Gasteiger partial charge in [0.15, 0.2) is 5.82 Å². The molecule has 15 heavy (non-hydrogen) atoms. The van der Waals surface area contributed by atoms with Gasteiger partial charge in [0, 0.05) is 12.1 Å². The van der Waals surface area contributed by atoms with Crippen molar-refractivity contribution in [1.82, 2.24) is 20.2 Å². The van der Waals surface area contributed by atoms with E-state index in [2.05, 4.69) is 20.2 Å². The van der Waals surface area contributed by atoms with Crippen LogP contribution in [0.4, 0.5) is 0 Å². The molecule has 1 fully saturated rings. The Balaban J connectivity index is 1.87. The topological polar surface area (TPSA) is 54.5 Å². The molecule has 0 amide bonds. The number of aromatic amines is 1. The van der Waals surface area contributed by atoms with Gasteiger partial charge in [-0.25, -0.2) is 4.98 Å². The molecule has 1 N–H and O–H groups in total. The van der Waals surface area contributed by atoms with Crippen molar-refractivity contribution in [2.75, 3.05) is 0 Å².